The number of hydrogen-bond donors (Lipinski definition) is 0. The van der Waals surface area contributed by atoms with Crippen LogP contribution in [0, 0.1) is 0 Å². The lowest BCUT2D eigenvalue weighted by Gasteiger charge is -2.33. The summed E-state index contributed by atoms with van der Waals surface area (Å²) in [6.07, 6.45) is 0. The number of carbonyl (C=O) groups excluding carboxylic acids is 1. The molecular weight excluding hydrogens is 448 g/mol. The maximum atomic E-state index is 12.6. The smallest absolute Gasteiger partial charge is 0.241 e. The number of carbonyl (C=O) groups is 1. The molecule has 1 amide bonds. The first kappa shape index (κ1) is 22.6. The minimum absolute atomic E-state index is 0.159. The van der Waals surface area contributed by atoms with Crippen molar-refractivity contribution in [2.24, 2.45) is 0 Å². The highest BCUT2D eigenvalue weighted by atomic mass is 35.5. The van der Waals surface area contributed by atoms with Crippen LogP contribution in [0.15, 0.2) is 57.9 Å². The van der Waals surface area contributed by atoms with Crippen LogP contribution in [0.4, 0.5) is 0 Å². The first-order valence-corrected chi connectivity index (χ1v) is 11.9. The van der Waals surface area contributed by atoms with Crippen LogP contribution in [0.3, 0.4) is 0 Å². The fourth-order valence-electron chi connectivity index (χ4n) is 3.42. The Bertz CT molecular complexity index is 1020. The number of rotatable bonds is 8. The van der Waals surface area contributed by atoms with E-state index in [1.54, 1.807) is 23.9 Å². The summed E-state index contributed by atoms with van der Waals surface area (Å²) in [6.45, 7) is 6.12. The fraction of sp³-hybridized carbons (Fsp3) is 0.348. The summed E-state index contributed by atoms with van der Waals surface area (Å²) in [5, 5.41) is 4.73. The molecule has 0 unspecified atom stereocenters. The third-order valence-corrected chi connectivity index (χ3v) is 6.40. The highest BCUT2D eigenvalue weighted by Gasteiger charge is 2.22. The molecule has 0 bridgehead atoms. The van der Waals surface area contributed by atoms with Crippen molar-refractivity contribution in [3.05, 3.63) is 59.4 Å². The van der Waals surface area contributed by atoms with Gasteiger partial charge in [-0.05, 0) is 55.5 Å². The largest absolute Gasteiger partial charge is 0.494 e. The zero-order valence-electron chi connectivity index (χ0n) is 17.9. The Morgan fingerprint density at radius 1 is 1.09 bits per heavy atom. The van der Waals surface area contributed by atoms with E-state index < -0.39 is 0 Å². The summed E-state index contributed by atoms with van der Waals surface area (Å²) in [4.78, 5) is 22.3. The van der Waals surface area contributed by atoms with Gasteiger partial charge in [-0.2, -0.15) is 4.98 Å². The first-order valence-electron chi connectivity index (χ1n) is 10.5. The minimum Gasteiger partial charge on any atom is -0.494 e. The first-order chi connectivity index (χ1) is 15.6. The van der Waals surface area contributed by atoms with Gasteiger partial charge in [-0.15, -0.1) is 11.8 Å². The Hall–Kier alpha value is -2.55. The molecule has 0 N–H and O–H groups in total. The van der Waals surface area contributed by atoms with Crippen molar-refractivity contribution in [3.63, 3.8) is 0 Å². The standard InChI is InChI=1S/C23H25ClN4O3S/c1-2-30-19-7-9-20(10-8-19)32-16-22(29)28-13-11-27(12-14-28)15-21-25-23(26-31-21)17-3-5-18(24)6-4-17/h3-10H,2,11-16H2,1H3. The molecule has 2 heterocycles. The van der Waals surface area contributed by atoms with Crippen LogP contribution in [-0.2, 0) is 11.3 Å². The molecule has 0 saturated carbocycles. The van der Waals surface area contributed by atoms with Crippen LogP contribution in [0.2, 0.25) is 5.02 Å². The molecule has 1 aliphatic heterocycles. The van der Waals surface area contributed by atoms with Crippen molar-refractivity contribution in [2.45, 2.75) is 18.4 Å². The second-order valence-corrected chi connectivity index (χ2v) is 8.85. The number of thioether (sulfide) groups is 1. The lowest BCUT2D eigenvalue weighted by Crippen LogP contribution is -2.48. The summed E-state index contributed by atoms with van der Waals surface area (Å²) in [6, 6.07) is 15.2. The molecule has 1 fully saturated rings. The summed E-state index contributed by atoms with van der Waals surface area (Å²) in [5.74, 6) is 2.56. The number of piperazine rings is 1. The van der Waals surface area contributed by atoms with E-state index in [4.69, 9.17) is 20.9 Å². The number of hydrogen-bond acceptors (Lipinski definition) is 7. The van der Waals surface area contributed by atoms with Gasteiger partial charge < -0.3 is 14.2 Å². The summed E-state index contributed by atoms with van der Waals surface area (Å²) < 4.78 is 10.9. The SMILES string of the molecule is CCOc1ccc(SCC(=O)N2CCN(Cc3nc(-c4ccc(Cl)cc4)no3)CC2)cc1. The van der Waals surface area contributed by atoms with Gasteiger partial charge in [0, 0.05) is 41.7 Å². The molecule has 4 rings (SSSR count). The molecule has 0 aliphatic carbocycles. The Morgan fingerprint density at radius 3 is 2.50 bits per heavy atom. The Morgan fingerprint density at radius 2 is 1.81 bits per heavy atom. The normalized spacial score (nSPS) is 14.5. The molecule has 1 saturated heterocycles. The topological polar surface area (TPSA) is 71.7 Å². The van der Waals surface area contributed by atoms with Crippen LogP contribution < -0.4 is 4.74 Å². The third-order valence-electron chi connectivity index (χ3n) is 5.15. The molecular formula is C23H25ClN4O3S. The van der Waals surface area contributed by atoms with Gasteiger partial charge >= 0.3 is 0 Å². The van der Waals surface area contributed by atoms with E-state index in [9.17, 15) is 4.79 Å². The van der Waals surface area contributed by atoms with Crippen LogP contribution in [0.1, 0.15) is 12.8 Å². The van der Waals surface area contributed by atoms with Crippen molar-refractivity contribution in [3.8, 4) is 17.1 Å². The van der Waals surface area contributed by atoms with Gasteiger partial charge in [0.2, 0.25) is 17.6 Å². The quantitative estimate of drug-likeness (QED) is 0.454. The molecule has 0 atom stereocenters. The van der Waals surface area contributed by atoms with Crippen LogP contribution in [0.25, 0.3) is 11.4 Å². The highest BCUT2D eigenvalue weighted by molar-refractivity contribution is 8.00. The average molecular weight is 473 g/mol. The zero-order chi connectivity index (χ0) is 22.3. The van der Waals surface area contributed by atoms with Crippen molar-refractivity contribution < 1.29 is 14.1 Å². The van der Waals surface area contributed by atoms with E-state index in [0.717, 1.165) is 29.3 Å². The van der Waals surface area contributed by atoms with Crippen LogP contribution in [0.5, 0.6) is 5.75 Å². The van der Waals surface area contributed by atoms with E-state index >= 15 is 0 Å². The van der Waals surface area contributed by atoms with E-state index in [0.29, 0.717) is 48.7 Å². The highest BCUT2D eigenvalue weighted by Crippen LogP contribution is 2.22. The monoisotopic (exact) mass is 472 g/mol. The number of nitrogens with zero attached hydrogens (tertiary/aromatic N) is 4. The molecule has 3 aromatic rings. The number of halogens is 1. The molecule has 0 radical (unpaired) electrons. The number of aromatic nitrogens is 2. The molecule has 2 aromatic carbocycles. The Balaban J connectivity index is 1.22. The van der Waals surface area contributed by atoms with Gasteiger partial charge in [0.15, 0.2) is 0 Å². The number of amides is 1. The van der Waals surface area contributed by atoms with Crippen molar-refractivity contribution in [1.82, 2.24) is 19.9 Å². The van der Waals surface area contributed by atoms with E-state index in [-0.39, 0.29) is 5.91 Å². The van der Waals surface area contributed by atoms with E-state index in [2.05, 4.69) is 15.0 Å². The summed E-state index contributed by atoms with van der Waals surface area (Å²) >= 11 is 7.48. The van der Waals surface area contributed by atoms with Crippen molar-refractivity contribution in [2.75, 3.05) is 38.5 Å². The van der Waals surface area contributed by atoms with Gasteiger partial charge in [-0.1, -0.05) is 16.8 Å². The van der Waals surface area contributed by atoms with Gasteiger partial charge in [-0.25, -0.2) is 0 Å². The molecule has 168 valence electrons. The number of ether oxygens (including phenoxy) is 1. The summed E-state index contributed by atoms with van der Waals surface area (Å²) in [7, 11) is 0. The predicted molar refractivity (Wildman–Crippen MR) is 125 cm³/mol. The molecule has 0 spiro atoms. The van der Waals surface area contributed by atoms with Crippen LogP contribution >= 0.6 is 23.4 Å². The molecule has 1 aromatic heterocycles. The molecule has 32 heavy (non-hydrogen) atoms. The lowest BCUT2D eigenvalue weighted by atomic mass is 10.2. The van der Waals surface area contributed by atoms with Crippen LogP contribution in [-0.4, -0.2) is 64.4 Å². The Kier molecular flexibility index (Phi) is 7.68. The minimum atomic E-state index is 0.159. The van der Waals surface area contributed by atoms with E-state index in [1.807, 2.05) is 48.2 Å². The molecule has 7 nitrogen and oxygen atoms in total. The molecule has 9 heteroatoms. The maximum Gasteiger partial charge on any atom is 0.241 e. The van der Waals surface area contributed by atoms with Gasteiger partial charge in [0.25, 0.3) is 0 Å². The average Bonchev–Trinajstić information content (AvgIpc) is 3.28. The zero-order valence-corrected chi connectivity index (χ0v) is 19.4. The van der Waals surface area contributed by atoms with E-state index in [1.165, 1.54) is 0 Å². The fourth-order valence-corrected chi connectivity index (χ4v) is 4.34. The van der Waals surface area contributed by atoms with Crippen molar-refractivity contribution in [1.29, 1.82) is 0 Å². The van der Waals surface area contributed by atoms with Gasteiger partial charge in [-0.3, -0.25) is 9.69 Å². The molecule has 1 aliphatic rings. The predicted octanol–water partition coefficient (Wildman–Crippen LogP) is 4.23. The second-order valence-electron chi connectivity index (χ2n) is 7.37. The maximum absolute atomic E-state index is 12.6. The Labute approximate surface area is 196 Å². The second kappa shape index (κ2) is 10.8. The van der Waals surface area contributed by atoms with Crippen molar-refractivity contribution >= 4 is 29.3 Å². The van der Waals surface area contributed by atoms with Gasteiger partial charge in [0.1, 0.15) is 5.75 Å². The third kappa shape index (κ3) is 6.03. The van der Waals surface area contributed by atoms with Gasteiger partial charge in [0.05, 0.1) is 18.9 Å². The summed E-state index contributed by atoms with van der Waals surface area (Å²) in [5.41, 5.74) is 0.866. The number of benzene rings is 2. The lowest BCUT2D eigenvalue weighted by molar-refractivity contribution is -0.130.